The van der Waals surface area contributed by atoms with Crippen molar-refractivity contribution in [2.45, 2.75) is 19.8 Å². The third-order valence-corrected chi connectivity index (χ3v) is 4.80. The van der Waals surface area contributed by atoms with Crippen LogP contribution in [0.4, 0.5) is 11.6 Å². The summed E-state index contributed by atoms with van der Waals surface area (Å²) < 4.78 is 0. The van der Waals surface area contributed by atoms with Crippen LogP contribution in [-0.4, -0.2) is 29.6 Å². The van der Waals surface area contributed by atoms with Crippen LogP contribution in [-0.2, 0) is 0 Å². The monoisotopic (exact) mass is 319 g/mol. The Morgan fingerprint density at radius 3 is 2.47 bits per heavy atom. The van der Waals surface area contributed by atoms with Crippen molar-refractivity contribution in [1.82, 2.24) is 4.98 Å². The van der Waals surface area contributed by atoms with E-state index in [-0.39, 0.29) is 0 Å². The average molecular weight is 320 g/mol. The number of aromatic nitrogens is 1. The second-order valence-corrected chi connectivity index (χ2v) is 6.66. The predicted molar refractivity (Wildman–Crippen MR) is 87.0 cm³/mol. The van der Waals surface area contributed by atoms with Crippen LogP contribution < -0.4 is 10.6 Å². The molecular weight excluding hydrogens is 301 g/mol. The highest BCUT2D eigenvalue weighted by molar-refractivity contribution is 7.99. The molecule has 6 heteroatoms. The molecule has 0 spiro atoms. The molecule has 1 aliphatic heterocycles. The number of halogens is 2. The van der Waals surface area contributed by atoms with E-state index in [0.717, 1.165) is 24.8 Å². The van der Waals surface area contributed by atoms with Gasteiger partial charge in [-0.25, -0.2) is 4.98 Å². The van der Waals surface area contributed by atoms with Crippen molar-refractivity contribution in [3.05, 3.63) is 16.1 Å². The summed E-state index contributed by atoms with van der Waals surface area (Å²) >= 11 is 14.3. The molecular formula is C13H19Cl2N3S. The normalized spacial score (nSPS) is 16.4. The summed E-state index contributed by atoms with van der Waals surface area (Å²) in [6, 6.07) is 1.74. The van der Waals surface area contributed by atoms with Crippen LogP contribution in [0.25, 0.3) is 0 Å². The van der Waals surface area contributed by atoms with Crippen molar-refractivity contribution in [2.24, 2.45) is 5.92 Å². The van der Waals surface area contributed by atoms with Gasteiger partial charge in [0.05, 0.1) is 10.0 Å². The van der Waals surface area contributed by atoms with Crippen molar-refractivity contribution < 1.29 is 0 Å². The third kappa shape index (κ3) is 4.33. The first-order chi connectivity index (χ1) is 9.20. The first-order valence-corrected chi connectivity index (χ1v) is 8.53. The van der Waals surface area contributed by atoms with Gasteiger partial charge in [-0.05, 0) is 43.3 Å². The number of hydrogen-bond donors (Lipinski definition) is 2. The van der Waals surface area contributed by atoms with Crippen LogP contribution in [0.1, 0.15) is 19.8 Å². The van der Waals surface area contributed by atoms with Gasteiger partial charge in [0.15, 0.2) is 0 Å². The van der Waals surface area contributed by atoms with Crippen LogP contribution in [0, 0.1) is 5.92 Å². The Morgan fingerprint density at radius 2 is 1.84 bits per heavy atom. The molecule has 1 aromatic rings. The predicted octanol–water partition coefficient (Wildman–Crippen LogP) is 4.38. The summed E-state index contributed by atoms with van der Waals surface area (Å²) in [5.74, 6) is 4.65. The van der Waals surface area contributed by atoms with Crippen LogP contribution in [0.2, 0.25) is 10.0 Å². The Balaban J connectivity index is 2.00. The summed E-state index contributed by atoms with van der Waals surface area (Å²) in [5, 5.41) is 7.64. The van der Waals surface area contributed by atoms with E-state index in [1.54, 1.807) is 6.07 Å². The number of hydrogen-bond acceptors (Lipinski definition) is 4. The fourth-order valence-corrected chi connectivity index (χ4v) is 3.77. The molecule has 1 saturated heterocycles. The Bertz CT molecular complexity index is 423. The van der Waals surface area contributed by atoms with Crippen LogP contribution in [0.3, 0.4) is 0 Å². The van der Waals surface area contributed by atoms with Crippen molar-refractivity contribution in [2.75, 3.05) is 35.2 Å². The Kier molecular flexibility index (Phi) is 5.92. The molecule has 0 aromatic carbocycles. The molecule has 0 radical (unpaired) electrons. The number of nitrogens with one attached hydrogen (secondary N) is 2. The maximum Gasteiger partial charge on any atom is 0.147 e. The zero-order chi connectivity index (χ0) is 13.7. The molecule has 0 bridgehead atoms. The average Bonchev–Trinajstić information content (AvgIpc) is 2.42. The number of nitrogens with zero attached hydrogens (tertiary/aromatic N) is 1. The molecule has 106 valence electrons. The molecule has 1 aliphatic rings. The molecule has 0 unspecified atom stereocenters. The van der Waals surface area contributed by atoms with Gasteiger partial charge in [0.25, 0.3) is 0 Å². The van der Waals surface area contributed by atoms with Crippen molar-refractivity contribution in [3.63, 3.8) is 0 Å². The highest BCUT2D eigenvalue weighted by Crippen LogP contribution is 2.30. The van der Waals surface area contributed by atoms with Gasteiger partial charge in [0.1, 0.15) is 11.6 Å². The van der Waals surface area contributed by atoms with E-state index >= 15 is 0 Å². The largest absolute Gasteiger partial charge is 0.369 e. The molecule has 19 heavy (non-hydrogen) atoms. The topological polar surface area (TPSA) is 37.0 Å². The van der Waals surface area contributed by atoms with E-state index in [1.165, 1.54) is 24.3 Å². The lowest BCUT2D eigenvalue weighted by Crippen LogP contribution is -2.20. The fraction of sp³-hybridized carbons (Fsp3) is 0.615. The van der Waals surface area contributed by atoms with Gasteiger partial charge in [-0.1, -0.05) is 23.2 Å². The minimum Gasteiger partial charge on any atom is -0.369 e. The van der Waals surface area contributed by atoms with Gasteiger partial charge in [0.2, 0.25) is 0 Å². The molecule has 1 fully saturated rings. The van der Waals surface area contributed by atoms with Gasteiger partial charge in [-0.15, -0.1) is 0 Å². The van der Waals surface area contributed by atoms with Crippen molar-refractivity contribution >= 4 is 46.6 Å². The lowest BCUT2D eigenvalue weighted by atomic mass is 10.0. The second kappa shape index (κ2) is 7.46. The van der Waals surface area contributed by atoms with Gasteiger partial charge in [0, 0.05) is 13.1 Å². The summed E-state index contributed by atoms with van der Waals surface area (Å²) in [7, 11) is 0. The van der Waals surface area contributed by atoms with E-state index in [0.29, 0.717) is 15.9 Å². The second-order valence-electron chi connectivity index (χ2n) is 4.62. The van der Waals surface area contributed by atoms with Gasteiger partial charge in [-0.2, -0.15) is 11.8 Å². The van der Waals surface area contributed by atoms with E-state index in [1.807, 2.05) is 18.7 Å². The molecule has 1 aromatic heterocycles. The Morgan fingerprint density at radius 1 is 1.21 bits per heavy atom. The fourth-order valence-electron chi connectivity index (χ4n) is 2.07. The zero-order valence-corrected chi connectivity index (χ0v) is 13.3. The minimum atomic E-state index is 0.562. The maximum absolute atomic E-state index is 6.18. The number of anilines is 2. The third-order valence-electron chi connectivity index (χ3n) is 3.17. The molecule has 3 nitrogen and oxygen atoms in total. The van der Waals surface area contributed by atoms with Crippen LogP contribution >= 0.6 is 35.0 Å². The standard InChI is InChI=1S/C13H19Cl2N3S/c1-2-16-12-10(14)7-11(15)13(18-12)17-8-9-3-5-19-6-4-9/h7,9H,2-6,8H2,1H3,(H2,16,17,18). The Hall–Kier alpha value is -0.320. The maximum atomic E-state index is 6.18. The number of rotatable bonds is 5. The molecule has 2 rings (SSSR count). The molecule has 2 N–H and O–H groups in total. The van der Waals surface area contributed by atoms with Crippen molar-refractivity contribution in [3.8, 4) is 0 Å². The minimum absolute atomic E-state index is 0.562. The van der Waals surface area contributed by atoms with E-state index in [9.17, 15) is 0 Å². The zero-order valence-electron chi connectivity index (χ0n) is 11.0. The SMILES string of the molecule is CCNc1nc(NCC2CCSCC2)c(Cl)cc1Cl. The molecule has 0 saturated carbocycles. The Labute approximate surface area is 128 Å². The summed E-state index contributed by atoms with van der Waals surface area (Å²) in [6.45, 7) is 3.73. The van der Waals surface area contributed by atoms with E-state index < -0.39 is 0 Å². The quantitative estimate of drug-likeness (QED) is 0.844. The van der Waals surface area contributed by atoms with Gasteiger partial charge in [-0.3, -0.25) is 0 Å². The first-order valence-electron chi connectivity index (χ1n) is 6.62. The van der Waals surface area contributed by atoms with Gasteiger partial charge < -0.3 is 10.6 Å². The first kappa shape index (κ1) is 15.1. The van der Waals surface area contributed by atoms with E-state index in [2.05, 4.69) is 15.6 Å². The lowest BCUT2D eigenvalue weighted by Gasteiger charge is -2.22. The molecule has 0 atom stereocenters. The van der Waals surface area contributed by atoms with Crippen molar-refractivity contribution in [1.29, 1.82) is 0 Å². The summed E-state index contributed by atoms with van der Waals surface area (Å²) in [5.41, 5.74) is 0. The highest BCUT2D eigenvalue weighted by atomic mass is 35.5. The summed E-state index contributed by atoms with van der Waals surface area (Å²) in [6.07, 6.45) is 2.53. The number of pyridine rings is 1. The smallest absolute Gasteiger partial charge is 0.147 e. The lowest BCUT2D eigenvalue weighted by molar-refractivity contribution is 0.515. The van der Waals surface area contributed by atoms with Crippen LogP contribution in [0.15, 0.2) is 6.07 Å². The molecule has 0 amide bonds. The van der Waals surface area contributed by atoms with Crippen LogP contribution in [0.5, 0.6) is 0 Å². The number of thioether (sulfide) groups is 1. The van der Waals surface area contributed by atoms with Gasteiger partial charge >= 0.3 is 0 Å². The van der Waals surface area contributed by atoms with E-state index in [4.69, 9.17) is 23.2 Å². The highest BCUT2D eigenvalue weighted by Gasteiger charge is 2.15. The molecule has 0 aliphatic carbocycles. The molecule has 2 heterocycles. The summed E-state index contributed by atoms with van der Waals surface area (Å²) in [4.78, 5) is 4.45.